The third kappa shape index (κ3) is 39.1. The molecule has 10 heteroatoms. The van der Waals surface area contributed by atoms with Crippen LogP contribution in [0.25, 0.3) is 0 Å². The summed E-state index contributed by atoms with van der Waals surface area (Å²) in [5, 5.41) is 40.3. The quantitative estimate of drug-likeness (QED) is 0.117. The van der Waals surface area contributed by atoms with E-state index in [4.69, 9.17) is 0 Å². The first-order valence-electron chi connectivity index (χ1n) is 14.4. The topological polar surface area (TPSA) is 161 Å². The van der Waals surface area contributed by atoms with E-state index in [9.17, 15) is 39.6 Å². The molecule has 0 saturated carbocycles. The zero-order valence-electron chi connectivity index (χ0n) is 26.1. The first-order valence-corrected chi connectivity index (χ1v) is 22.5. The van der Waals surface area contributed by atoms with E-state index in [0.29, 0.717) is 12.2 Å². The number of rotatable bonds is 18. The molecule has 228 valence electrons. The number of hydrogen-bond donors (Lipinski definition) is 0. The van der Waals surface area contributed by atoms with Crippen LogP contribution in [0.3, 0.4) is 0 Å². The molecule has 0 atom stereocenters. The number of carbonyl (C=O) groups excluding carboxylic acids is 4. The number of aliphatic carboxylic acids is 4. The van der Waals surface area contributed by atoms with Crippen molar-refractivity contribution in [2.45, 2.75) is 125 Å². The van der Waals surface area contributed by atoms with Crippen LogP contribution >= 0.6 is 0 Å². The SMILES string of the molecule is CC(C)/C(=C/C(=O)[O-])C(=O)[O-].CC(C)/C(=C/C(=O)[O-])C(=O)[O-].CCC[CH2][Sn+2][CH2]CCC.CCC[CH2][Sn+2][CH2]CCC. The second-order valence-electron chi connectivity index (χ2n) is 9.64. The minimum absolute atomic E-state index is 0.149. The van der Waals surface area contributed by atoms with Crippen molar-refractivity contribution in [2.75, 3.05) is 0 Å². The molecule has 0 aromatic carbocycles. The van der Waals surface area contributed by atoms with Gasteiger partial charge in [-0.1, -0.05) is 27.7 Å². The molecule has 0 spiro atoms. The van der Waals surface area contributed by atoms with E-state index < -0.39 is 23.9 Å². The molecule has 0 aliphatic carbocycles. The molecule has 0 rings (SSSR count). The Hall–Kier alpha value is -1.04. The third-order valence-electron chi connectivity index (χ3n) is 5.09. The van der Waals surface area contributed by atoms with Gasteiger partial charge in [-0.25, -0.2) is 0 Å². The summed E-state index contributed by atoms with van der Waals surface area (Å²) in [6, 6.07) is 0. The number of hydrogen-bond acceptors (Lipinski definition) is 8. The summed E-state index contributed by atoms with van der Waals surface area (Å²) in [5.74, 6) is -6.72. The summed E-state index contributed by atoms with van der Waals surface area (Å²) in [6.45, 7) is 15.4. The van der Waals surface area contributed by atoms with Gasteiger partial charge >= 0.3 is 139 Å². The molecule has 0 aromatic heterocycles. The predicted molar refractivity (Wildman–Crippen MR) is 156 cm³/mol. The van der Waals surface area contributed by atoms with Gasteiger partial charge in [0.15, 0.2) is 0 Å². The molecule has 0 unspecified atom stereocenters. The molecule has 0 saturated heterocycles. The number of carbonyl (C=O) groups is 4. The molecule has 40 heavy (non-hydrogen) atoms. The van der Waals surface area contributed by atoms with Crippen molar-refractivity contribution in [3.8, 4) is 0 Å². The Kier molecular flexibility index (Phi) is 39.2. The van der Waals surface area contributed by atoms with E-state index in [1.165, 1.54) is 51.4 Å². The average molecular weight is 778 g/mol. The molecule has 0 fully saturated rings. The molecule has 0 aliphatic heterocycles. The molecular formula is C30H52O8Sn2. The van der Waals surface area contributed by atoms with Crippen molar-refractivity contribution in [1.82, 2.24) is 0 Å². The Labute approximate surface area is 263 Å². The summed E-state index contributed by atoms with van der Waals surface area (Å²) in [6.07, 6.45) is 12.8. The monoisotopic (exact) mass is 780 g/mol. The van der Waals surface area contributed by atoms with Crippen LogP contribution in [-0.2, 0) is 19.2 Å². The molecule has 0 aromatic rings. The first kappa shape index (κ1) is 45.9. The summed E-state index contributed by atoms with van der Waals surface area (Å²) in [4.78, 5) is 40.3. The van der Waals surface area contributed by atoms with E-state index in [0.717, 1.165) is 0 Å². The van der Waals surface area contributed by atoms with Crippen molar-refractivity contribution >= 4 is 66.2 Å². The Morgan fingerprint density at radius 3 is 0.850 bits per heavy atom. The van der Waals surface area contributed by atoms with E-state index in [1.807, 2.05) is 0 Å². The van der Waals surface area contributed by atoms with Crippen LogP contribution in [0, 0.1) is 11.8 Å². The normalized spacial score (nSPS) is 10.6. The molecule has 0 N–H and O–H groups in total. The molecular weight excluding hydrogens is 726 g/mol. The maximum atomic E-state index is 10.2. The fraction of sp³-hybridized carbons (Fsp3) is 0.733. The van der Waals surface area contributed by atoms with Crippen LogP contribution in [0.2, 0.25) is 17.7 Å². The van der Waals surface area contributed by atoms with Crippen LogP contribution in [0.4, 0.5) is 0 Å². The van der Waals surface area contributed by atoms with Crippen molar-refractivity contribution in [2.24, 2.45) is 11.8 Å². The van der Waals surface area contributed by atoms with Crippen LogP contribution < -0.4 is 20.4 Å². The fourth-order valence-corrected chi connectivity index (χ4v) is 11.0. The molecule has 0 bridgehead atoms. The van der Waals surface area contributed by atoms with E-state index in [1.54, 1.807) is 45.4 Å². The molecule has 0 radical (unpaired) electrons. The van der Waals surface area contributed by atoms with Gasteiger partial charge in [-0.05, 0) is 35.1 Å². The molecule has 0 amide bonds. The van der Waals surface area contributed by atoms with Crippen LogP contribution in [-0.4, -0.2) is 66.2 Å². The van der Waals surface area contributed by atoms with Crippen molar-refractivity contribution in [3.05, 3.63) is 23.3 Å². The standard InChI is InChI=1S/2C7H10O4.4C4H9.2Sn/c2*1-4(2)5(7(10)11)3-6(8)9;4*1-3-4-2;;/h2*3-4H,1-2H3,(H,8,9)(H,10,11);4*1,3-4H2,2H3;;/q;;;;;;2*+2/p-4/b2*5-3-;;;;;;. The van der Waals surface area contributed by atoms with Gasteiger partial charge in [-0.3, -0.25) is 0 Å². The second kappa shape index (κ2) is 34.2. The Morgan fingerprint density at radius 1 is 0.525 bits per heavy atom. The molecule has 0 aliphatic rings. The Bertz CT molecular complexity index is 644. The van der Waals surface area contributed by atoms with Gasteiger partial charge < -0.3 is 39.6 Å². The van der Waals surface area contributed by atoms with Gasteiger partial charge in [0.05, 0.1) is 23.9 Å². The molecule has 8 nitrogen and oxygen atoms in total. The Morgan fingerprint density at radius 2 is 0.750 bits per heavy atom. The van der Waals surface area contributed by atoms with Gasteiger partial charge in [-0.15, -0.1) is 0 Å². The maximum absolute atomic E-state index is 10.2. The summed E-state index contributed by atoms with van der Waals surface area (Å²) in [5.41, 5.74) is -0.519. The summed E-state index contributed by atoms with van der Waals surface area (Å²) in [7, 11) is 0. The van der Waals surface area contributed by atoms with Crippen molar-refractivity contribution in [1.29, 1.82) is 0 Å². The van der Waals surface area contributed by atoms with Crippen LogP contribution in [0.5, 0.6) is 0 Å². The zero-order valence-corrected chi connectivity index (χ0v) is 31.8. The number of carboxylic acid groups (broad SMARTS) is 4. The number of carboxylic acids is 4. The average Bonchev–Trinajstić information content (AvgIpc) is 2.86. The van der Waals surface area contributed by atoms with Gasteiger partial charge in [0.25, 0.3) is 0 Å². The molecule has 0 heterocycles. The first-order chi connectivity index (χ1) is 18.7. The van der Waals surface area contributed by atoms with E-state index in [-0.39, 0.29) is 65.3 Å². The zero-order chi connectivity index (χ0) is 31.9. The third-order valence-corrected chi connectivity index (χ3v) is 13.2. The van der Waals surface area contributed by atoms with Gasteiger partial charge in [0, 0.05) is 0 Å². The van der Waals surface area contributed by atoms with Gasteiger partial charge in [0.1, 0.15) is 0 Å². The van der Waals surface area contributed by atoms with E-state index in [2.05, 4.69) is 27.7 Å². The van der Waals surface area contributed by atoms with Crippen molar-refractivity contribution in [3.63, 3.8) is 0 Å². The fourth-order valence-electron chi connectivity index (χ4n) is 2.63. The van der Waals surface area contributed by atoms with Crippen LogP contribution in [0.15, 0.2) is 23.3 Å². The summed E-state index contributed by atoms with van der Waals surface area (Å²) < 4.78 is 6.50. The summed E-state index contributed by atoms with van der Waals surface area (Å²) >= 11 is 0.299. The number of unbranched alkanes of at least 4 members (excludes halogenated alkanes) is 4. The van der Waals surface area contributed by atoms with Gasteiger partial charge in [-0.2, -0.15) is 0 Å². The van der Waals surface area contributed by atoms with Gasteiger partial charge in [0.2, 0.25) is 0 Å². The van der Waals surface area contributed by atoms with E-state index >= 15 is 0 Å². The predicted octanol–water partition coefficient (Wildman–Crippen LogP) is 2.39. The van der Waals surface area contributed by atoms with Crippen molar-refractivity contribution < 1.29 is 39.6 Å². The van der Waals surface area contributed by atoms with Crippen LogP contribution in [0.1, 0.15) is 107 Å². The second-order valence-corrected chi connectivity index (χ2v) is 18.2. The minimum atomic E-state index is -1.52. The Balaban J connectivity index is -0.000000217.